The molecular weight excluding hydrogens is 406 g/mol. The summed E-state index contributed by atoms with van der Waals surface area (Å²) in [6.07, 6.45) is 5.55. The van der Waals surface area contributed by atoms with E-state index < -0.39 is 5.97 Å². The summed E-state index contributed by atoms with van der Waals surface area (Å²) >= 11 is 0. The monoisotopic (exact) mass is 433 g/mol. The molecule has 0 bridgehead atoms. The van der Waals surface area contributed by atoms with Gasteiger partial charge in [-0.25, -0.2) is 14.8 Å². The van der Waals surface area contributed by atoms with Crippen molar-refractivity contribution in [2.75, 3.05) is 36.5 Å². The molecule has 1 fully saturated rings. The van der Waals surface area contributed by atoms with Crippen molar-refractivity contribution < 1.29 is 9.53 Å². The molecule has 32 heavy (non-hydrogen) atoms. The lowest BCUT2D eigenvalue weighted by atomic mass is 10.0. The van der Waals surface area contributed by atoms with E-state index in [1.54, 1.807) is 12.4 Å². The van der Waals surface area contributed by atoms with Crippen LogP contribution < -0.4 is 9.80 Å². The van der Waals surface area contributed by atoms with Gasteiger partial charge in [0.25, 0.3) is 0 Å². The quantitative estimate of drug-likeness (QED) is 0.562. The Kier molecular flexibility index (Phi) is 6.25. The average molecular weight is 434 g/mol. The molecular formula is C23H27N7O2. The van der Waals surface area contributed by atoms with Gasteiger partial charge >= 0.3 is 5.97 Å². The largest absolute Gasteiger partial charge is 0.464 e. The van der Waals surface area contributed by atoms with Crippen LogP contribution in [0.5, 0.6) is 0 Å². The minimum Gasteiger partial charge on any atom is -0.464 e. The fourth-order valence-corrected chi connectivity index (χ4v) is 3.95. The zero-order chi connectivity index (χ0) is 22.7. The standard InChI is InChI=1S/C23H27N7O2/c1-15-14-29(9-10-30(15)21-13-25-20(12-26-21)23(31)32-4)22-17(3)16(2)19(27-28-22)11-18-7-5-6-8-24-18/h5-8,12-13,15H,9-11,14H2,1-4H3. The van der Waals surface area contributed by atoms with Gasteiger partial charge in [-0.05, 0) is 44.0 Å². The van der Waals surface area contributed by atoms with Crippen molar-refractivity contribution in [3.8, 4) is 0 Å². The molecule has 1 aliphatic rings. The number of aromatic nitrogens is 5. The van der Waals surface area contributed by atoms with E-state index >= 15 is 0 Å². The highest BCUT2D eigenvalue weighted by molar-refractivity contribution is 5.86. The Bertz CT molecular complexity index is 1090. The van der Waals surface area contributed by atoms with Crippen molar-refractivity contribution in [1.82, 2.24) is 25.1 Å². The third-order valence-corrected chi connectivity index (χ3v) is 5.92. The van der Waals surface area contributed by atoms with Crippen LogP contribution in [0.25, 0.3) is 0 Å². The second-order valence-electron chi connectivity index (χ2n) is 7.96. The summed E-state index contributed by atoms with van der Waals surface area (Å²) in [5, 5.41) is 9.12. The Hall–Kier alpha value is -3.62. The summed E-state index contributed by atoms with van der Waals surface area (Å²) < 4.78 is 4.69. The zero-order valence-corrected chi connectivity index (χ0v) is 18.8. The lowest BCUT2D eigenvalue weighted by Gasteiger charge is -2.41. The van der Waals surface area contributed by atoms with Crippen molar-refractivity contribution >= 4 is 17.6 Å². The second-order valence-corrected chi connectivity index (χ2v) is 7.96. The molecule has 0 saturated carbocycles. The highest BCUT2D eigenvalue weighted by Gasteiger charge is 2.27. The van der Waals surface area contributed by atoms with E-state index in [4.69, 9.17) is 4.74 Å². The molecule has 4 rings (SSSR count). The summed E-state index contributed by atoms with van der Waals surface area (Å²) in [4.78, 5) is 29.1. The molecule has 1 aliphatic heterocycles. The third kappa shape index (κ3) is 4.37. The Morgan fingerprint density at radius 3 is 2.59 bits per heavy atom. The number of ether oxygens (including phenoxy) is 1. The van der Waals surface area contributed by atoms with Gasteiger partial charge in [-0.2, -0.15) is 5.10 Å². The molecule has 166 valence electrons. The normalized spacial score (nSPS) is 16.2. The van der Waals surface area contributed by atoms with Crippen molar-refractivity contribution in [3.05, 3.63) is 65.0 Å². The molecule has 1 atom stereocenters. The molecule has 1 saturated heterocycles. The lowest BCUT2D eigenvalue weighted by Crippen LogP contribution is -2.53. The minimum absolute atomic E-state index is 0.191. The first-order valence-electron chi connectivity index (χ1n) is 10.6. The number of hydrogen-bond donors (Lipinski definition) is 0. The molecule has 1 unspecified atom stereocenters. The van der Waals surface area contributed by atoms with Gasteiger partial charge in [0, 0.05) is 44.0 Å². The van der Waals surface area contributed by atoms with Crippen LogP contribution in [0, 0.1) is 13.8 Å². The maximum Gasteiger partial charge on any atom is 0.358 e. The molecule has 3 aromatic heterocycles. The number of esters is 1. The number of hydrogen-bond acceptors (Lipinski definition) is 9. The lowest BCUT2D eigenvalue weighted by molar-refractivity contribution is 0.0593. The Morgan fingerprint density at radius 1 is 1.09 bits per heavy atom. The van der Waals surface area contributed by atoms with E-state index in [0.29, 0.717) is 6.42 Å². The molecule has 3 aromatic rings. The van der Waals surface area contributed by atoms with E-state index in [-0.39, 0.29) is 11.7 Å². The highest BCUT2D eigenvalue weighted by Crippen LogP contribution is 2.26. The van der Waals surface area contributed by atoms with Crippen molar-refractivity contribution in [3.63, 3.8) is 0 Å². The maximum absolute atomic E-state index is 11.6. The van der Waals surface area contributed by atoms with Crippen LogP contribution in [0.15, 0.2) is 36.8 Å². The Balaban J connectivity index is 1.47. The number of pyridine rings is 1. The fraction of sp³-hybridized carbons (Fsp3) is 0.391. The van der Waals surface area contributed by atoms with Crippen LogP contribution in [0.4, 0.5) is 11.6 Å². The van der Waals surface area contributed by atoms with Crippen LogP contribution in [-0.2, 0) is 11.2 Å². The van der Waals surface area contributed by atoms with E-state index in [2.05, 4.69) is 55.7 Å². The SMILES string of the molecule is COC(=O)c1cnc(N2CCN(c3nnc(Cc4ccccn4)c(C)c3C)CC2C)cn1. The topological polar surface area (TPSA) is 97.2 Å². The van der Waals surface area contributed by atoms with Crippen molar-refractivity contribution in [2.45, 2.75) is 33.2 Å². The second kappa shape index (κ2) is 9.25. The van der Waals surface area contributed by atoms with Crippen LogP contribution >= 0.6 is 0 Å². The molecule has 9 nitrogen and oxygen atoms in total. The number of rotatable bonds is 5. The smallest absolute Gasteiger partial charge is 0.358 e. The summed E-state index contributed by atoms with van der Waals surface area (Å²) in [7, 11) is 1.33. The van der Waals surface area contributed by atoms with Gasteiger partial charge in [-0.15, -0.1) is 5.10 Å². The number of piperazine rings is 1. The number of carbonyl (C=O) groups excluding carboxylic acids is 1. The molecule has 9 heteroatoms. The van der Waals surface area contributed by atoms with E-state index in [0.717, 1.165) is 53.8 Å². The van der Waals surface area contributed by atoms with Gasteiger partial charge < -0.3 is 14.5 Å². The number of anilines is 2. The van der Waals surface area contributed by atoms with Gasteiger partial charge in [-0.1, -0.05) is 6.07 Å². The summed E-state index contributed by atoms with van der Waals surface area (Å²) in [6.45, 7) is 8.70. The molecule has 0 radical (unpaired) electrons. The number of nitrogens with zero attached hydrogens (tertiary/aromatic N) is 7. The highest BCUT2D eigenvalue weighted by atomic mass is 16.5. The summed E-state index contributed by atoms with van der Waals surface area (Å²) in [6, 6.07) is 6.10. The molecule has 4 heterocycles. The first kappa shape index (κ1) is 21.6. The minimum atomic E-state index is -0.488. The van der Waals surface area contributed by atoms with Gasteiger partial charge in [0.1, 0.15) is 5.82 Å². The predicted octanol–water partition coefficient (Wildman–Crippen LogP) is 2.37. The predicted molar refractivity (Wildman–Crippen MR) is 121 cm³/mol. The van der Waals surface area contributed by atoms with Gasteiger partial charge in [0.05, 0.1) is 25.2 Å². The van der Waals surface area contributed by atoms with Crippen molar-refractivity contribution in [1.29, 1.82) is 0 Å². The summed E-state index contributed by atoms with van der Waals surface area (Å²) in [5.41, 5.74) is 4.44. The Labute approximate surface area is 187 Å². The van der Waals surface area contributed by atoms with E-state index in [9.17, 15) is 4.79 Å². The van der Waals surface area contributed by atoms with E-state index in [1.807, 2.05) is 18.2 Å². The zero-order valence-electron chi connectivity index (χ0n) is 18.8. The Morgan fingerprint density at radius 2 is 1.94 bits per heavy atom. The maximum atomic E-state index is 11.6. The van der Waals surface area contributed by atoms with Crippen LogP contribution in [-0.4, -0.2) is 63.9 Å². The molecule has 0 aliphatic carbocycles. The van der Waals surface area contributed by atoms with Crippen LogP contribution in [0.1, 0.15) is 39.9 Å². The van der Waals surface area contributed by atoms with Crippen molar-refractivity contribution in [2.24, 2.45) is 0 Å². The summed E-state index contributed by atoms with van der Waals surface area (Å²) in [5.74, 6) is 1.18. The molecule has 0 spiro atoms. The van der Waals surface area contributed by atoms with Gasteiger partial charge in [-0.3, -0.25) is 4.98 Å². The van der Waals surface area contributed by atoms with Crippen LogP contribution in [0.2, 0.25) is 0 Å². The molecule has 0 aromatic carbocycles. The van der Waals surface area contributed by atoms with Gasteiger partial charge in [0.15, 0.2) is 11.5 Å². The first-order valence-corrected chi connectivity index (χ1v) is 10.6. The first-order chi connectivity index (χ1) is 15.5. The van der Waals surface area contributed by atoms with E-state index in [1.165, 1.54) is 13.3 Å². The third-order valence-electron chi connectivity index (χ3n) is 5.92. The average Bonchev–Trinajstić information content (AvgIpc) is 2.82. The molecule has 0 N–H and O–H groups in total. The van der Waals surface area contributed by atoms with Gasteiger partial charge in [0.2, 0.25) is 0 Å². The fourth-order valence-electron chi connectivity index (χ4n) is 3.95. The number of methoxy groups -OCH3 is 1. The molecule has 0 amide bonds. The number of carbonyl (C=O) groups is 1. The van der Waals surface area contributed by atoms with Crippen LogP contribution in [0.3, 0.4) is 0 Å².